The maximum Gasteiger partial charge on any atom is 1.00 e. The summed E-state index contributed by atoms with van der Waals surface area (Å²) in [7, 11) is 0. The molecule has 0 aliphatic carbocycles. The topological polar surface area (TPSA) is 125 Å². The Morgan fingerprint density at radius 1 is 1.30 bits per heavy atom. The number of nitrogens with zero attached hydrogens (tertiary/aromatic N) is 3. The number of benzene rings is 1. The number of aliphatic hydroxyl groups is 1. The summed E-state index contributed by atoms with van der Waals surface area (Å²) in [6.45, 7) is 8.55. The number of hydrogen-bond acceptors (Lipinski definition) is 8. The van der Waals surface area contributed by atoms with Gasteiger partial charge in [-0.25, -0.2) is 4.98 Å². The summed E-state index contributed by atoms with van der Waals surface area (Å²) in [5, 5.41) is 22.4. The summed E-state index contributed by atoms with van der Waals surface area (Å²) in [6, 6.07) is 6.09. The number of para-hydroxylation sites is 2. The Balaban J connectivity index is 0.00000306. The third-order valence-corrected chi connectivity index (χ3v) is 7.52. The summed E-state index contributed by atoms with van der Waals surface area (Å²) >= 11 is 1.33. The van der Waals surface area contributed by atoms with E-state index in [-0.39, 0.29) is 63.9 Å². The zero-order valence-corrected chi connectivity index (χ0v) is 23.5. The number of rotatable bonds is 5. The number of fused-ring (bicyclic) bond motifs is 2. The van der Waals surface area contributed by atoms with Gasteiger partial charge in [-0.15, -0.1) is 11.8 Å². The van der Waals surface area contributed by atoms with Crippen LogP contribution >= 0.6 is 11.8 Å². The van der Waals surface area contributed by atoms with Crippen molar-refractivity contribution < 1.29 is 80.7 Å². The van der Waals surface area contributed by atoms with Gasteiger partial charge in [0.25, 0.3) is 0 Å². The number of thioether (sulfide) groups is 1. The predicted octanol–water partition coefficient (Wildman–Crippen LogP) is -1.95. The second kappa shape index (κ2) is 9.25. The normalized spacial score (nSPS) is 24.6. The number of imidazole rings is 1. The van der Waals surface area contributed by atoms with Crippen LogP contribution in [-0.4, -0.2) is 53.6 Å². The average Bonchev–Trinajstić information content (AvgIpc) is 3.18. The molecule has 0 radical (unpaired) electrons. The SMILES string of the molecule is CC(C)(C)C(=O)OCn1c([C@@H](O)[C@@H]2C(=O)N3[C@@H]2SC(C)(C)[C@@H]3C(=O)[O-])nc2ccccc21.[K+]. The van der Waals surface area contributed by atoms with E-state index in [1.165, 1.54) is 16.7 Å². The van der Waals surface area contributed by atoms with E-state index in [2.05, 4.69) is 4.98 Å². The van der Waals surface area contributed by atoms with Crippen LogP contribution in [0.2, 0.25) is 0 Å². The van der Waals surface area contributed by atoms with E-state index in [0.29, 0.717) is 11.0 Å². The summed E-state index contributed by atoms with van der Waals surface area (Å²) < 4.78 is 6.29. The standard InChI is InChI=1S/C22H27N3O6S.K/c1-21(2,3)20(30)31-10-24-12-9-7-6-8-11(12)23-16(24)14(26)13-17(27)25-15(19(28)29)22(4,5)32-18(13)25;/h6-9,13-15,18,26H,10H2,1-5H3,(H,28,29);/q;+1/p-1/t13-,14+,15+,18-;/m1./s1. The molecule has 4 rings (SSSR count). The third-order valence-electron chi connectivity index (χ3n) is 5.93. The molecule has 1 N–H and O–H groups in total. The van der Waals surface area contributed by atoms with Gasteiger partial charge in [-0.05, 0) is 46.8 Å². The summed E-state index contributed by atoms with van der Waals surface area (Å²) in [5.41, 5.74) is 0.536. The van der Waals surface area contributed by atoms with Gasteiger partial charge in [0.1, 0.15) is 17.8 Å². The van der Waals surface area contributed by atoms with Crippen molar-refractivity contribution in [2.45, 2.75) is 63.6 Å². The first-order chi connectivity index (χ1) is 14.8. The number of carbonyl (C=O) groups is 3. The molecular formula is C22H26KN3O6S. The van der Waals surface area contributed by atoms with Crippen molar-refractivity contribution in [1.29, 1.82) is 0 Å². The molecule has 1 aromatic heterocycles. The number of aliphatic hydroxyl groups excluding tert-OH is 1. The molecule has 0 spiro atoms. The predicted molar refractivity (Wildman–Crippen MR) is 115 cm³/mol. The number of carboxylic acid groups (broad SMARTS) is 1. The molecule has 2 fully saturated rings. The maximum absolute atomic E-state index is 12.9. The van der Waals surface area contributed by atoms with Crippen LogP contribution in [0.5, 0.6) is 0 Å². The minimum atomic E-state index is -1.31. The minimum absolute atomic E-state index is 0. The zero-order valence-electron chi connectivity index (χ0n) is 19.6. The van der Waals surface area contributed by atoms with Gasteiger partial charge >= 0.3 is 57.4 Å². The largest absolute Gasteiger partial charge is 1.00 e. The quantitative estimate of drug-likeness (QED) is 0.286. The first-order valence-electron chi connectivity index (χ1n) is 10.4. The molecule has 2 aromatic rings. The number of esters is 1. The molecule has 2 aliphatic heterocycles. The molecule has 33 heavy (non-hydrogen) atoms. The van der Waals surface area contributed by atoms with Crippen molar-refractivity contribution in [3.8, 4) is 0 Å². The first kappa shape index (κ1) is 26.6. The Hall–Kier alpha value is -0.954. The van der Waals surface area contributed by atoms with Crippen LogP contribution in [0.3, 0.4) is 0 Å². The van der Waals surface area contributed by atoms with E-state index in [4.69, 9.17) is 4.74 Å². The van der Waals surface area contributed by atoms with Crippen LogP contribution in [0.25, 0.3) is 11.0 Å². The number of hydrogen-bond donors (Lipinski definition) is 1. The second-order valence-corrected chi connectivity index (χ2v) is 11.5. The van der Waals surface area contributed by atoms with Crippen LogP contribution in [0.1, 0.15) is 46.5 Å². The Kier molecular flexibility index (Phi) is 7.47. The molecule has 0 saturated carbocycles. The number of carbonyl (C=O) groups excluding carboxylic acids is 3. The fourth-order valence-electron chi connectivity index (χ4n) is 4.27. The van der Waals surface area contributed by atoms with Gasteiger partial charge in [-0.3, -0.25) is 14.2 Å². The molecule has 172 valence electrons. The Labute approximate surface area is 238 Å². The first-order valence-corrected chi connectivity index (χ1v) is 11.2. The molecule has 9 nitrogen and oxygen atoms in total. The smallest absolute Gasteiger partial charge is 0.548 e. The van der Waals surface area contributed by atoms with Crippen molar-refractivity contribution in [2.24, 2.45) is 11.3 Å². The number of ether oxygens (including phenoxy) is 1. The minimum Gasteiger partial charge on any atom is -0.548 e. The van der Waals surface area contributed by atoms with E-state index in [1.54, 1.807) is 63.5 Å². The number of carboxylic acids is 1. The zero-order chi connectivity index (χ0) is 23.6. The fraction of sp³-hybridized carbons (Fsp3) is 0.545. The molecule has 11 heteroatoms. The van der Waals surface area contributed by atoms with Crippen molar-refractivity contribution in [3.63, 3.8) is 0 Å². The van der Waals surface area contributed by atoms with E-state index >= 15 is 0 Å². The Morgan fingerprint density at radius 3 is 2.55 bits per heavy atom. The summed E-state index contributed by atoms with van der Waals surface area (Å²) in [6.07, 6.45) is -1.30. The van der Waals surface area contributed by atoms with Gasteiger partial charge in [0.2, 0.25) is 5.91 Å². The van der Waals surface area contributed by atoms with Gasteiger partial charge in [-0.1, -0.05) is 12.1 Å². The second-order valence-electron chi connectivity index (χ2n) is 9.75. The molecule has 3 heterocycles. The number of amides is 1. The van der Waals surface area contributed by atoms with E-state index in [9.17, 15) is 24.6 Å². The van der Waals surface area contributed by atoms with E-state index < -0.39 is 51.4 Å². The van der Waals surface area contributed by atoms with Crippen molar-refractivity contribution in [3.05, 3.63) is 30.1 Å². The van der Waals surface area contributed by atoms with Gasteiger partial charge in [0.05, 0.1) is 33.8 Å². The van der Waals surface area contributed by atoms with Crippen LogP contribution in [-0.2, 0) is 25.9 Å². The van der Waals surface area contributed by atoms with E-state index in [0.717, 1.165) is 0 Å². The van der Waals surface area contributed by atoms with Crippen LogP contribution in [0, 0.1) is 11.3 Å². The van der Waals surface area contributed by atoms with Gasteiger partial charge < -0.3 is 24.6 Å². The van der Waals surface area contributed by atoms with Gasteiger partial charge in [0, 0.05) is 4.75 Å². The van der Waals surface area contributed by atoms with Crippen LogP contribution < -0.4 is 56.5 Å². The summed E-state index contributed by atoms with van der Waals surface area (Å²) in [5.74, 6) is -2.85. The van der Waals surface area contributed by atoms with Crippen molar-refractivity contribution in [1.82, 2.24) is 14.5 Å². The van der Waals surface area contributed by atoms with E-state index in [1.807, 2.05) is 0 Å². The Bertz CT molecular complexity index is 1110. The van der Waals surface area contributed by atoms with Crippen molar-refractivity contribution >= 4 is 40.6 Å². The molecule has 2 saturated heterocycles. The molecule has 0 unspecified atom stereocenters. The molecular weight excluding hydrogens is 473 g/mol. The maximum atomic E-state index is 12.9. The number of aliphatic carboxylic acids is 1. The monoisotopic (exact) mass is 499 g/mol. The summed E-state index contributed by atoms with van der Waals surface area (Å²) in [4.78, 5) is 42.7. The molecule has 4 atom stereocenters. The van der Waals surface area contributed by atoms with Crippen LogP contribution in [0.15, 0.2) is 24.3 Å². The molecule has 0 bridgehead atoms. The molecule has 1 amide bonds. The van der Waals surface area contributed by atoms with Crippen LogP contribution in [0.4, 0.5) is 0 Å². The van der Waals surface area contributed by atoms with Crippen molar-refractivity contribution in [2.75, 3.05) is 0 Å². The van der Waals surface area contributed by atoms with Gasteiger partial charge in [-0.2, -0.15) is 0 Å². The fourth-order valence-corrected chi connectivity index (χ4v) is 5.98. The number of β-lactam (4-membered cyclic amide) rings is 1. The molecule has 2 aliphatic rings. The van der Waals surface area contributed by atoms with Gasteiger partial charge in [0.15, 0.2) is 6.73 Å². The number of aromatic nitrogens is 2. The Morgan fingerprint density at radius 2 is 1.94 bits per heavy atom. The molecule has 1 aromatic carbocycles. The third kappa shape index (κ3) is 4.53. The average molecular weight is 500 g/mol.